The molecule has 0 bridgehead atoms. The van der Waals surface area contributed by atoms with Crippen LogP contribution in [0.3, 0.4) is 0 Å². The Bertz CT molecular complexity index is 850. The Morgan fingerprint density at radius 2 is 1.97 bits per heavy atom. The molecule has 12 heteroatoms. The Kier molecular flexibility index (Phi) is 6.42. The van der Waals surface area contributed by atoms with Gasteiger partial charge in [-0.15, -0.1) is 0 Å². The van der Waals surface area contributed by atoms with Crippen LogP contribution in [0.1, 0.15) is 52.8 Å². The fourth-order valence-electron chi connectivity index (χ4n) is 2.74. The van der Waals surface area contributed by atoms with Gasteiger partial charge in [0.05, 0.1) is 23.9 Å². The fourth-order valence-corrected chi connectivity index (χ4v) is 2.74. The molecule has 1 atom stereocenters. The topological polar surface area (TPSA) is 111 Å². The first-order valence-electron chi connectivity index (χ1n) is 8.95. The van der Waals surface area contributed by atoms with Gasteiger partial charge in [0.25, 0.3) is 11.8 Å². The number of carbonyl (C=O) groups excluding carboxylic acids is 2. The van der Waals surface area contributed by atoms with Crippen molar-refractivity contribution in [1.82, 2.24) is 25.1 Å². The molecule has 1 unspecified atom stereocenters. The van der Waals surface area contributed by atoms with E-state index in [1.54, 1.807) is 0 Å². The minimum absolute atomic E-state index is 0.0533. The minimum atomic E-state index is -4.40. The van der Waals surface area contributed by atoms with Crippen LogP contribution in [0.15, 0.2) is 24.9 Å². The third-order valence-electron chi connectivity index (χ3n) is 4.16. The number of halogens is 3. The molecule has 1 aliphatic heterocycles. The molecule has 9 nitrogen and oxygen atoms in total. The highest BCUT2D eigenvalue weighted by molar-refractivity contribution is 6.07. The molecule has 0 aliphatic carbocycles. The molecule has 0 radical (unpaired) electrons. The number of hydrogen-bond donors (Lipinski definition) is 2. The van der Waals surface area contributed by atoms with Crippen molar-refractivity contribution < 1.29 is 27.5 Å². The number of alkyl halides is 3. The van der Waals surface area contributed by atoms with Crippen molar-refractivity contribution in [2.24, 2.45) is 0 Å². The summed E-state index contributed by atoms with van der Waals surface area (Å²) in [7, 11) is 0. The number of carbonyl (C=O) groups is 2. The molecule has 29 heavy (non-hydrogen) atoms. The van der Waals surface area contributed by atoms with Gasteiger partial charge >= 0.3 is 6.18 Å². The van der Waals surface area contributed by atoms with Crippen LogP contribution in [0.25, 0.3) is 0 Å². The van der Waals surface area contributed by atoms with E-state index in [1.165, 1.54) is 29.6 Å². The van der Waals surface area contributed by atoms with Gasteiger partial charge in [-0.1, -0.05) is 0 Å². The first-order chi connectivity index (χ1) is 13.8. The van der Waals surface area contributed by atoms with Crippen molar-refractivity contribution in [3.8, 4) is 0 Å². The highest BCUT2D eigenvalue weighted by Crippen LogP contribution is 2.25. The van der Waals surface area contributed by atoms with Crippen molar-refractivity contribution in [2.45, 2.75) is 38.1 Å². The molecule has 2 amide bonds. The summed E-state index contributed by atoms with van der Waals surface area (Å²) < 4.78 is 44.0. The summed E-state index contributed by atoms with van der Waals surface area (Å²) in [4.78, 5) is 32.3. The molecule has 3 heterocycles. The maximum atomic E-state index is 12.4. The van der Waals surface area contributed by atoms with Crippen LogP contribution in [-0.2, 0) is 4.74 Å². The lowest BCUT2D eigenvalue weighted by atomic mass is 10.2. The van der Waals surface area contributed by atoms with Crippen molar-refractivity contribution in [3.05, 3.63) is 36.2 Å². The van der Waals surface area contributed by atoms with Crippen LogP contribution < -0.4 is 10.6 Å². The molecule has 2 aromatic heterocycles. The van der Waals surface area contributed by atoms with Gasteiger partial charge in [-0.25, -0.2) is 14.6 Å². The smallest absolute Gasteiger partial charge is 0.357 e. The monoisotopic (exact) mass is 412 g/mol. The van der Waals surface area contributed by atoms with Gasteiger partial charge in [0.15, 0.2) is 5.69 Å². The Balaban J connectivity index is 1.79. The number of nitrogens with zero attached hydrogens (tertiary/aromatic N) is 4. The highest BCUT2D eigenvalue weighted by atomic mass is 19.4. The van der Waals surface area contributed by atoms with E-state index in [-0.39, 0.29) is 16.9 Å². The van der Waals surface area contributed by atoms with E-state index < -0.39 is 37.2 Å². The zero-order valence-electron chi connectivity index (χ0n) is 15.3. The normalized spacial score (nSPS) is 17.0. The molecular formula is C17H19F3N6O3. The Hall–Kier alpha value is -3.02. The molecule has 1 aliphatic rings. The van der Waals surface area contributed by atoms with E-state index in [4.69, 9.17) is 4.74 Å². The quantitative estimate of drug-likeness (QED) is 0.753. The molecular weight excluding hydrogens is 393 g/mol. The summed E-state index contributed by atoms with van der Waals surface area (Å²) in [6, 6.07) is 0. The maximum absolute atomic E-state index is 12.4. The second-order valence-corrected chi connectivity index (χ2v) is 6.39. The number of ether oxygens (including phenoxy) is 1. The molecule has 0 spiro atoms. The van der Waals surface area contributed by atoms with Crippen LogP contribution in [-0.4, -0.2) is 50.9 Å². The second-order valence-electron chi connectivity index (χ2n) is 6.39. The summed E-state index contributed by atoms with van der Waals surface area (Å²) in [6.45, 7) is -0.0737. The minimum Gasteiger partial charge on any atom is -0.357 e. The van der Waals surface area contributed by atoms with E-state index in [9.17, 15) is 22.8 Å². The predicted octanol–water partition coefficient (Wildman–Crippen LogP) is 2.31. The van der Waals surface area contributed by atoms with E-state index >= 15 is 0 Å². The Morgan fingerprint density at radius 1 is 1.21 bits per heavy atom. The summed E-state index contributed by atoms with van der Waals surface area (Å²) in [5.41, 5.74) is 0.00155. The molecule has 3 rings (SSSR count). The average Bonchev–Trinajstić information content (AvgIpc) is 3.12. The summed E-state index contributed by atoms with van der Waals surface area (Å²) in [6.07, 6.45) is 1.75. The summed E-state index contributed by atoms with van der Waals surface area (Å²) in [5, 5.41) is 8.85. The van der Waals surface area contributed by atoms with Crippen LogP contribution >= 0.6 is 0 Å². The third kappa shape index (κ3) is 5.73. The lowest BCUT2D eigenvalue weighted by molar-refractivity contribution is -0.133. The zero-order valence-corrected chi connectivity index (χ0v) is 15.3. The van der Waals surface area contributed by atoms with Crippen molar-refractivity contribution in [3.63, 3.8) is 0 Å². The van der Waals surface area contributed by atoms with E-state index in [1.807, 2.05) is 0 Å². The summed E-state index contributed by atoms with van der Waals surface area (Å²) in [5.74, 6) is -1.41. The standard InChI is InChI=1S/C17H19F3N6O3/c18-17(19,20)4-5-23-16(28)14-12(24-15(27)11-7-21-10-22-8-11)9-26(25-14)13-3-1-2-6-29-13/h7-10,13H,1-6H2,(H,23,28)(H,24,27). The average molecular weight is 412 g/mol. The number of rotatable bonds is 6. The van der Waals surface area contributed by atoms with Gasteiger partial charge in [-0.3, -0.25) is 9.59 Å². The van der Waals surface area contributed by atoms with Gasteiger partial charge in [-0.2, -0.15) is 18.3 Å². The van der Waals surface area contributed by atoms with Gasteiger partial charge in [-0.05, 0) is 19.3 Å². The van der Waals surface area contributed by atoms with Gasteiger partial charge in [0, 0.05) is 25.5 Å². The Labute approximate surface area is 163 Å². The van der Waals surface area contributed by atoms with Crippen molar-refractivity contribution in [1.29, 1.82) is 0 Å². The number of hydrogen-bond acceptors (Lipinski definition) is 6. The molecule has 156 valence electrons. The van der Waals surface area contributed by atoms with Crippen molar-refractivity contribution in [2.75, 3.05) is 18.5 Å². The summed E-state index contributed by atoms with van der Waals surface area (Å²) >= 11 is 0. The SMILES string of the molecule is O=C(Nc1cn(C2CCCCO2)nc1C(=O)NCCC(F)(F)F)c1cncnc1. The maximum Gasteiger partial charge on any atom is 0.390 e. The molecule has 0 saturated carbocycles. The van der Waals surface area contributed by atoms with E-state index in [0.717, 1.165) is 12.8 Å². The number of anilines is 1. The Morgan fingerprint density at radius 3 is 2.62 bits per heavy atom. The molecule has 2 N–H and O–H groups in total. The van der Waals surface area contributed by atoms with Gasteiger partial charge < -0.3 is 15.4 Å². The first-order valence-corrected chi connectivity index (χ1v) is 8.95. The predicted molar refractivity (Wildman–Crippen MR) is 94.1 cm³/mol. The number of aromatic nitrogens is 4. The van der Waals surface area contributed by atoms with Gasteiger partial charge in [0.2, 0.25) is 0 Å². The highest BCUT2D eigenvalue weighted by Gasteiger charge is 2.28. The largest absolute Gasteiger partial charge is 0.390 e. The number of nitrogens with one attached hydrogen (secondary N) is 2. The van der Waals surface area contributed by atoms with Crippen LogP contribution in [0, 0.1) is 0 Å². The molecule has 1 fully saturated rings. The van der Waals surface area contributed by atoms with Crippen LogP contribution in [0.5, 0.6) is 0 Å². The number of amides is 2. The van der Waals surface area contributed by atoms with Gasteiger partial charge in [0.1, 0.15) is 12.6 Å². The van der Waals surface area contributed by atoms with Crippen LogP contribution in [0.2, 0.25) is 0 Å². The lowest BCUT2D eigenvalue weighted by Crippen LogP contribution is -2.29. The first kappa shape index (κ1) is 20.7. The van der Waals surface area contributed by atoms with E-state index in [0.29, 0.717) is 13.0 Å². The molecule has 2 aromatic rings. The second kappa shape index (κ2) is 8.99. The van der Waals surface area contributed by atoms with Crippen LogP contribution in [0.4, 0.5) is 18.9 Å². The zero-order chi connectivity index (χ0) is 20.9. The lowest BCUT2D eigenvalue weighted by Gasteiger charge is -2.22. The molecule has 1 saturated heterocycles. The van der Waals surface area contributed by atoms with E-state index in [2.05, 4.69) is 25.7 Å². The van der Waals surface area contributed by atoms with Crippen molar-refractivity contribution >= 4 is 17.5 Å². The fraction of sp³-hybridized carbons (Fsp3) is 0.471. The molecule has 0 aromatic carbocycles. The third-order valence-corrected chi connectivity index (χ3v) is 4.16.